The normalized spacial score (nSPS) is 12.6. The van der Waals surface area contributed by atoms with Gasteiger partial charge >= 0.3 is 0 Å². The number of rotatable bonds is 5. The Balaban J connectivity index is 3.77. The third-order valence-electron chi connectivity index (χ3n) is 1.99. The van der Waals surface area contributed by atoms with Gasteiger partial charge in [-0.05, 0) is 12.8 Å². The van der Waals surface area contributed by atoms with E-state index in [1.807, 2.05) is 13.8 Å². The van der Waals surface area contributed by atoms with E-state index in [4.69, 9.17) is 0 Å². The van der Waals surface area contributed by atoms with Gasteiger partial charge in [-0.25, -0.2) is 0 Å². The van der Waals surface area contributed by atoms with Crippen molar-refractivity contribution in [2.75, 3.05) is 0 Å². The van der Waals surface area contributed by atoms with Gasteiger partial charge in [-0.15, -0.1) is 0 Å². The van der Waals surface area contributed by atoms with E-state index in [9.17, 15) is 4.79 Å². The van der Waals surface area contributed by atoms with Crippen LogP contribution in [0.2, 0.25) is 0 Å². The summed E-state index contributed by atoms with van der Waals surface area (Å²) >= 11 is 0. The molecule has 11 heavy (non-hydrogen) atoms. The lowest BCUT2D eigenvalue weighted by Crippen LogP contribution is -2.09. The van der Waals surface area contributed by atoms with Crippen LogP contribution in [0, 0.1) is 5.92 Å². The van der Waals surface area contributed by atoms with Crippen LogP contribution in [0.15, 0.2) is 12.2 Å². The average molecular weight is 154 g/mol. The molecule has 1 atom stereocenters. The molecule has 0 spiro atoms. The summed E-state index contributed by atoms with van der Waals surface area (Å²) in [4.78, 5) is 11.1. The number of allylic oxidation sites excluding steroid dienone is 1. The molecule has 0 aromatic rings. The van der Waals surface area contributed by atoms with Crippen molar-refractivity contribution in [3.05, 3.63) is 12.2 Å². The highest BCUT2D eigenvalue weighted by Gasteiger charge is 2.10. The van der Waals surface area contributed by atoms with Gasteiger partial charge in [0.1, 0.15) is 5.78 Å². The molecule has 0 aromatic heterocycles. The van der Waals surface area contributed by atoms with Gasteiger partial charge in [-0.3, -0.25) is 4.79 Å². The van der Waals surface area contributed by atoms with Crippen LogP contribution in [0.3, 0.4) is 0 Å². The number of hydrogen-bond donors (Lipinski definition) is 0. The molecule has 1 nitrogen and oxygen atoms in total. The van der Waals surface area contributed by atoms with Crippen molar-refractivity contribution in [1.82, 2.24) is 0 Å². The minimum absolute atomic E-state index is 0.174. The third kappa shape index (κ3) is 3.97. The molecular formula is C10H18O. The Kier molecular flexibility index (Phi) is 4.84. The molecule has 1 heteroatoms. The summed E-state index contributed by atoms with van der Waals surface area (Å²) in [6, 6.07) is 0. The zero-order valence-corrected chi connectivity index (χ0v) is 7.81. The van der Waals surface area contributed by atoms with Crippen LogP contribution in [0.4, 0.5) is 0 Å². The van der Waals surface area contributed by atoms with Gasteiger partial charge in [0.25, 0.3) is 0 Å². The van der Waals surface area contributed by atoms with Gasteiger partial charge in [0.05, 0.1) is 0 Å². The molecule has 0 aliphatic heterocycles. The summed E-state index contributed by atoms with van der Waals surface area (Å²) in [5.41, 5.74) is 1.18. The zero-order chi connectivity index (χ0) is 8.85. The van der Waals surface area contributed by atoms with Gasteiger partial charge < -0.3 is 0 Å². The van der Waals surface area contributed by atoms with Crippen LogP contribution < -0.4 is 0 Å². The Morgan fingerprint density at radius 1 is 1.36 bits per heavy atom. The van der Waals surface area contributed by atoms with Gasteiger partial charge in [-0.1, -0.05) is 32.9 Å². The number of Topliss-reactive ketones (excluding diaryl/α,β-unsaturated/α-hetero) is 1. The molecule has 0 rings (SSSR count). The minimum Gasteiger partial charge on any atom is -0.299 e. The lowest BCUT2D eigenvalue weighted by Gasteiger charge is -2.09. The Morgan fingerprint density at radius 2 is 1.91 bits per heavy atom. The maximum atomic E-state index is 11.1. The van der Waals surface area contributed by atoms with Gasteiger partial charge in [0.15, 0.2) is 0 Å². The number of carbonyl (C=O) groups is 1. The van der Waals surface area contributed by atoms with E-state index in [1.165, 1.54) is 5.57 Å². The molecule has 0 aliphatic carbocycles. The first-order valence-corrected chi connectivity index (χ1v) is 4.31. The molecule has 0 fully saturated rings. The Morgan fingerprint density at radius 3 is 2.27 bits per heavy atom. The van der Waals surface area contributed by atoms with E-state index in [1.54, 1.807) is 0 Å². The number of hydrogen-bond acceptors (Lipinski definition) is 1. The highest BCUT2D eigenvalue weighted by molar-refractivity contribution is 5.80. The molecule has 0 bridgehead atoms. The molecule has 0 saturated heterocycles. The van der Waals surface area contributed by atoms with Crippen molar-refractivity contribution >= 4 is 5.78 Å². The Hall–Kier alpha value is -0.590. The van der Waals surface area contributed by atoms with Gasteiger partial charge in [0, 0.05) is 12.3 Å². The Labute approximate surface area is 69.5 Å². The van der Waals surface area contributed by atoms with Crippen LogP contribution in [-0.4, -0.2) is 5.78 Å². The second-order valence-corrected chi connectivity index (χ2v) is 3.03. The van der Waals surface area contributed by atoms with Crippen LogP contribution in [0.1, 0.15) is 40.0 Å². The van der Waals surface area contributed by atoms with Crippen LogP contribution in [0.5, 0.6) is 0 Å². The first-order chi connectivity index (χ1) is 5.11. The fraction of sp³-hybridized carbons (Fsp3) is 0.700. The summed E-state index contributed by atoms with van der Waals surface area (Å²) in [6.45, 7) is 9.84. The van der Waals surface area contributed by atoms with E-state index < -0.39 is 0 Å². The highest BCUT2D eigenvalue weighted by atomic mass is 16.1. The van der Waals surface area contributed by atoms with Crippen molar-refractivity contribution in [2.45, 2.75) is 40.0 Å². The summed E-state index contributed by atoms with van der Waals surface area (Å²) in [5, 5.41) is 0. The molecule has 1 unspecified atom stereocenters. The molecule has 64 valence electrons. The number of carbonyl (C=O) groups excluding carboxylic acids is 1. The second-order valence-electron chi connectivity index (χ2n) is 3.03. The summed E-state index contributed by atoms with van der Waals surface area (Å²) in [6.07, 6.45) is 2.50. The van der Waals surface area contributed by atoms with Gasteiger partial charge in [-0.2, -0.15) is 0 Å². The molecular weight excluding hydrogens is 136 g/mol. The summed E-state index contributed by atoms with van der Waals surface area (Å²) in [5.74, 6) is 0.520. The molecule has 0 aliphatic rings. The first-order valence-electron chi connectivity index (χ1n) is 4.31. The van der Waals surface area contributed by atoms with E-state index in [0.717, 1.165) is 12.8 Å². The average Bonchev–Trinajstić information content (AvgIpc) is 2.02. The number of ketones is 1. The van der Waals surface area contributed by atoms with Crippen LogP contribution >= 0.6 is 0 Å². The quantitative estimate of drug-likeness (QED) is 0.556. The minimum atomic E-state index is 0.174. The smallest absolute Gasteiger partial charge is 0.135 e. The summed E-state index contributed by atoms with van der Waals surface area (Å²) < 4.78 is 0. The fourth-order valence-electron chi connectivity index (χ4n) is 1.04. The fourth-order valence-corrected chi connectivity index (χ4v) is 1.04. The SMILES string of the molecule is C=C(CC)CC(C)C(=O)CC. The van der Waals surface area contributed by atoms with Gasteiger partial charge in [0.2, 0.25) is 0 Å². The standard InChI is InChI=1S/C10H18O/c1-5-8(3)7-9(4)10(11)6-2/h9H,3,5-7H2,1-2,4H3. The maximum Gasteiger partial charge on any atom is 0.135 e. The predicted molar refractivity (Wildman–Crippen MR) is 48.5 cm³/mol. The molecule has 0 N–H and O–H groups in total. The van der Waals surface area contributed by atoms with E-state index in [0.29, 0.717) is 12.2 Å². The van der Waals surface area contributed by atoms with E-state index in [-0.39, 0.29) is 5.92 Å². The largest absolute Gasteiger partial charge is 0.299 e. The van der Waals surface area contributed by atoms with E-state index in [2.05, 4.69) is 13.5 Å². The Bertz CT molecular complexity index is 147. The second kappa shape index (κ2) is 5.11. The predicted octanol–water partition coefficient (Wildman–Crippen LogP) is 2.96. The summed E-state index contributed by atoms with van der Waals surface area (Å²) in [7, 11) is 0. The highest BCUT2D eigenvalue weighted by Crippen LogP contribution is 2.14. The van der Waals surface area contributed by atoms with Crippen LogP contribution in [0.25, 0.3) is 0 Å². The molecule has 0 saturated carbocycles. The first kappa shape index (κ1) is 10.4. The zero-order valence-electron chi connectivity index (χ0n) is 7.81. The lowest BCUT2D eigenvalue weighted by atomic mass is 9.95. The topological polar surface area (TPSA) is 17.1 Å². The van der Waals surface area contributed by atoms with Crippen molar-refractivity contribution in [2.24, 2.45) is 5.92 Å². The van der Waals surface area contributed by atoms with Crippen LogP contribution in [-0.2, 0) is 4.79 Å². The van der Waals surface area contributed by atoms with Crippen molar-refractivity contribution in [3.63, 3.8) is 0 Å². The third-order valence-corrected chi connectivity index (χ3v) is 1.99. The molecule has 0 aromatic carbocycles. The van der Waals surface area contributed by atoms with Crippen molar-refractivity contribution < 1.29 is 4.79 Å². The van der Waals surface area contributed by atoms with E-state index >= 15 is 0 Å². The van der Waals surface area contributed by atoms with Crippen molar-refractivity contribution in [3.8, 4) is 0 Å². The lowest BCUT2D eigenvalue weighted by molar-refractivity contribution is -0.122. The monoisotopic (exact) mass is 154 g/mol. The molecule has 0 radical (unpaired) electrons. The maximum absolute atomic E-state index is 11.1. The van der Waals surface area contributed by atoms with Crippen molar-refractivity contribution in [1.29, 1.82) is 0 Å². The molecule has 0 heterocycles. The molecule has 0 amide bonds.